The van der Waals surface area contributed by atoms with E-state index in [9.17, 15) is 25.2 Å². The Hall–Kier alpha value is -3.27. The molecule has 2 heterocycles. The Labute approximate surface area is 176 Å². The van der Waals surface area contributed by atoms with Crippen LogP contribution in [-0.2, 0) is 4.74 Å². The van der Waals surface area contributed by atoms with Crippen molar-refractivity contribution in [3.63, 3.8) is 0 Å². The molecule has 0 aliphatic carbocycles. The quantitative estimate of drug-likeness (QED) is 0.479. The number of benzene rings is 2. The van der Waals surface area contributed by atoms with E-state index in [4.69, 9.17) is 18.6 Å². The van der Waals surface area contributed by atoms with Crippen LogP contribution in [0, 0.1) is 0 Å². The summed E-state index contributed by atoms with van der Waals surface area (Å²) in [4.78, 5) is 12.6. The first-order valence-corrected chi connectivity index (χ1v) is 9.67. The fourth-order valence-corrected chi connectivity index (χ4v) is 3.59. The van der Waals surface area contributed by atoms with Gasteiger partial charge in [0.05, 0.1) is 25.9 Å². The van der Waals surface area contributed by atoms with Crippen LogP contribution >= 0.6 is 0 Å². The highest BCUT2D eigenvalue weighted by molar-refractivity contribution is 5.86. The Bertz CT molecular complexity index is 1150. The molecule has 3 atom stereocenters. The number of phenols is 2. The molecular formula is C22H22O9. The summed E-state index contributed by atoms with van der Waals surface area (Å²) in [6.07, 6.45) is -1.62. The SMILES string of the molecule is COc1ccc(-c2cc(=O)c3c(O)cc(OC4CC(O)CC(CO)O4)cc3o2)cc1O. The molecule has 3 unspecified atom stereocenters. The summed E-state index contributed by atoms with van der Waals surface area (Å²) in [5.74, 6) is 0.168. The van der Waals surface area contributed by atoms with Crippen molar-refractivity contribution in [3.8, 4) is 34.3 Å². The maximum absolute atomic E-state index is 12.6. The van der Waals surface area contributed by atoms with Crippen molar-refractivity contribution in [1.82, 2.24) is 0 Å². The highest BCUT2D eigenvalue weighted by Gasteiger charge is 2.29. The zero-order valence-electron chi connectivity index (χ0n) is 16.6. The summed E-state index contributed by atoms with van der Waals surface area (Å²) < 4.78 is 22.1. The first kappa shape index (κ1) is 21.0. The molecule has 1 aromatic heterocycles. The predicted molar refractivity (Wildman–Crippen MR) is 109 cm³/mol. The molecule has 1 aliphatic rings. The smallest absolute Gasteiger partial charge is 0.202 e. The first-order valence-electron chi connectivity index (χ1n) is 9.67. The predicted octanol–water partition coefficient (Wildman–Crippen LogP) is 2.12. The van der Waals surface area contributed by atoms with E-state index in [1.807, 2.05) is 0 Å². The highest BCUT2D eigenvalue weighted by atomic mass is 16.7. The van der Waals surface area contributed by atoms with E-state index < -0.39 is 23.9 Å². The molecule has 0 spiro atoms. The zero-order valence-corrected chi connectivity index (χ0v) is 16.6. The molecule has 9 heteroatoms. The van der Waals surface area contributed by atoms with Crippen LogP contribution in [0.15, 0.2) is 45.6 Å². The molecule has 0 amide bonds. The summed E-state index contributed by atoms with van der Waals surface area (Å²) in [5.41, 5.74) is 0.0378. The minimum absolute atomic E-state index is 0.0216. The normalized spacial score (nSPS) is 21.2. The number of methoxy groups -OCH3 is 1. The number of hydrogen-bond donors (Lipinski definition) is 4. The lowest BCUT2D eigenvalue weighted by Crippen LogP contribution is -2.40. The molecule has 4 N–H and O–H groups in total. The fourth-order valence-electron chi connectivity index (χ4n) is 3.59. The van der Waals surface area contributed by atoms with Crippen LogP contribution in [0.25, 0.3) is 22.3 Å². The maximum atomic E-state index is 12.6. The van der Waals surface area contributed by atoms with Crippen molar-refractivity contribution in [2.45, 2.75) is 31.3 Å². The standard InChI is InChI=1S/C22H22O9/c1-28-18-3-2-11(4-15(18)25)19-9-17(27)22-16(26)7-13(8-20(22)31-19)29-21-6-12(24)5-14(10-23)30-21/h2-4,7-9,12,14,21,23-26H,5-6,10H2,1H3. The third-order valence-electron chi connectivity index (χ3n) is 5.06. The van der Waals surface area contributed by atoms with Gasteiger partial charge in [0.25, 0.3) is 0 Å². The van der Waals surface area contributed by atoms with Gasteiger partial charge in [-0.1, -0.05) is 0 Å². The molecule has 0 bridgehead atoms. The van der Waals surface area contributed by atoms with Crippen molar-refractivity contribution >= 4 is 11.0 Å². The van der Waals surface area contributed by atoms with E-state index in [0.29, 0.717) is 12.0 Å². The molecule has 164 valence electrons. The zero-order chi connectivity index (χ0) is 22.1. The number of phenolic OH excluding ortho intramolecular Hbond substituents is 2. The molecule has 1 saturated heterocycles. The van der Waals surface area contributed by atoms with Gasteiger partial charge < -0.3 is 39.1 Å². The summed E-state index contributed by atoms with van der Waals surface area (Å²) >= 11 is 0. The van der Waals surface area contributed by atoms with Crippen LogP contribution < -0.4 is 14.9 Å². The second-order valence-corrected chi connectivity index (χ2v) is 7.29. The van der Waals surface area contributed by atoms with Gasteiger partial charge in [0, 0.05) is 36.6 Å². The molecule has 2 aromatic carbocycles. The number of aromatic hydroxyl groups is 2. The van der Waals surface area contributed by atoms with E-state index in [2.05, 4.69) is 0 Å². The van der Waals surface area contributed by atoms with Crippen molar-refractivity contribution in [1.29, 1.82) is 0 Å². The second-order valence-electron chi connectivity index (χ2n) is 7.29. The Balaban J connectivity index is 1.70. The minimum Gasteiger partial charge on any atom is -0.507 e. The van der Waals surface area contributed by atoms with Crippen LogP contribution in [0.1, 0.15) is 12.8 Å². The van der Waals surface area contributed by atoms with E-state index >= 15 is 0 Å². The minimum atomic E-state index is -0.841. The Morgan fingerprint density at radius 3 is 2.61 bits per heavy atom. The van der Waals surface area contributed by atoms with Gasteiger partial charge in [0.15, 0.2) is 16.9 Å². The third kappa shape index (κ3) is 4.29. The largest absolute Gasteiger partial charge is 0.507 e. The maximum Gasteiger partial charge on any atom is 0.202 e. The topological polar surface area (TPSA) is 139 Å². The molecular weight excluding hydrogens is 408 g/mol. The van der Waals surface area contributed by atoms with Crippen molar-refractivity contribution in [3.05, 3.63) is 46.6 Å². The lowest BCUT2D eigenvalue weighted by Gasteiger charge is -2.32. The van der Waals surface area contributed by atoms with Crippen LogP contribution in [0.3, 0.4) is 0 Å². The van der Waals surface area contributed by atoms with Gasteiger partial charge in [0.2, 0.25) is 6.29 Å². The van der Waals surface area contributed by atoms with E-state index in [0.717, 1.165) is 0 Å². The van der Waals surface area contributed by atoms with E-state index in [1.165, 1.54) is 37.4 Å². The van der Waals surface area contributed by atoms with E-state index in [-0.39, 0.29) is 52.8 Å². The number of fused-ring (bicyclic) bond motifs is 1. The number of aliphatic hydroxyl groups excluding tert-OH is 2. The van der Waals surface area contributed by atoms with Gasteiger partial charge in [0.1, 0.15) is 28.2 Å². The van der Waals surface area contributed by atoms with Crippen LogP contribution in [0.2, 0.25) is 0 Å². The molecule has 0 saturated carbocycles. The van der Waals surface area contributed by atoms with E-state index in [1.54, 1.807) is 6.07 Å². The highest BCUT2D eigenvalue weighted by Crippen LogP contribution is 2.35. The van der Waals surface area contributed by atoms with Crippen LogP contribution in [0.5, 0.6) is 23.0 Å². The summed E-state index contributed by atoms with van der Waals surface area (Å²) in [6, 6.07) is 8.47. The summed E-state index contributed by atoms with van der Waals surface area (Å²) in [6.45, 7) is -0.257. The molecule has 1 fully saturated rings. The number of ether oxygens (including phenoxy) is 3. The lowest BCUT2D eigenvalue weighted by atomic mass is 10.1. The summed E-state index contributed by atoms with van der Waals surface area (Å²) in [7, 11) is 1.42. The van der Waals surface area contributed by atoms with Gasteiger partial charge >= 0.3 is 0 Å². The van der Waals surface area contributed by atoms with Gasteiger partial charge in [-0.3, -0.25) is 4.79 Å². The Kier molecular flexibility index (Phi) is 5.73. The van der Waals surface area contributed by atoms with Crippen molar-refractivity contribution in [2.75, 3.05) is 13.7 Å². The molecule has 4 rings (SSSR count). The Morgan fingerprint density at radius 2 is 1.90 bits per heavy atom. The molecule has 0 radical (unpaired) electrons. The van der Waals surface area contributed by atoms with Crippen molar-refractivity contribution < 1.29 is 39.1 Å². The first-order chi connectivity index (χ1) is 14.9. The molecule has 31 heavy (non-hydrogen) atoms. The monoisotopic (exact) mass is 430 g/mol. The van der Waals surface area contributed by atoms with Crippen LogP contribution in [-0.4, -0.2) is 52.6 Å². The van der Waals surface area contributed by atoms with Gasteiger partial charge in [-0.2, -0.15) is 0 Å². The number of aliphatic hydroxyl groups is 2. The fraction of sp³-hybridized carbons (Fsp3) is 0.318. The summed E-state index contributed by atoms with van der Waals surface area (Å²) in [5, 5.41) is 39.6. The molecule has 3 aromatic rings. The average molecular weight is 430 g/mol. The number of rotatable bonds is 5. The molecule has 1 aliphatic heterocycles. The number of hydrogen-bond acceptors (Lipinski definition) is 9. The van der Waals surface area contributed by atoms with Crippen LogP contribution in [0.4, 0.5) is 0 Å². The average Bonchev–Trinajstić information content (AvgIpc) is 2.72. The van der Waals surface area contributed by atoms with Gasteiger partial charge in [-0.25, -0.2) is 0 Å². The van der Waals surface area contributed by atoms with Gasteiger partial charge in [-0.05, 0) is 18.2 Å². The van der Waals surface area contributed by atoms with Crippen molar-refractivity contribution in [2.24, 2.45) is 0 Å². The second kappa shape index (κ2) is 8.46. The van der Waals surface area contributed by atoms with Gasteiger partial charge in [-0.15, -0.1) is 0 Å². The Morgan fingerprint density at radius 1 is 1.10 bits per heavy atom. The molecule has 9 nitrogen and oxygen atoms in total. The third-order valence-corrected chi connectivity index (χ3v) is 5.06. The lowest BCUT2D eigenvalue weighted by molar-refractivity contribution is -0.184.